The van der Waals surface area contributed by atoms with E-state index in [-0.39, 0.29) is 12.5 Å². The van der Waals surface area contributed by atoms with Gasteiger partial charge in [0.05, 0.1) is 0 Å². The van der Waals surface area contributed by atoms with Crippen LogP contribution in [0.15, 0.2) is 24.3 Å². The van der Waals surface area contributed by atoms with E-state index in [1.165, 1.54) is 0 Å². The maximum Gasteiger partial charge on any atom is 0.319 e. The Bertz CT molecular complexity index is 401. The fourth-order valence-corrected chi connectivity index (χ4v) is 1.42. The molecule has 0 aliphatic heterocycles. The minimum absolute atomic E-state index is 0.115. The first-order valence-corrected chi connectivity index (χ1v) is 5.97. The van der Waals surface area contributed by atoms with Gasteiger partial charge in [-0.3, -0.25) is 4.79 Å². The van der Waals surface area contributed by atoms with Crippen LogP contribution in [0.2, 0.25) is 0 Å². The minimum Gasteiger partial charge on any atom is -0.481 e. The molecule has 0 heterocycles. The molecule has 0 radical (unpaired) electrons. The van der Waals surface area contributed by atoms with Gasteiger partial charge in [-0.2, -0.15) is 0 Å². The van der Waals surface area contributed by atoms with Crippen molar-refractivity contribution in [2.24, 2.45) is 0 Å². The molecule has 1 aromatic carbocycles. The van der Waals surface area contributed by atoms with E-state index in [0.717, 1.165) is 12.0 Å². The largest absolute Gasteiger partial charge is 0.481 e. The van der Waals surface area contributed by atoms with Crippen LogP contribution in [-0.2, 0) is 11.2 Å². The van der Waals surface area contributed by atoms with E-state index in [1.807, 2.05) is 19.1 Å². The number of amides is 2. The lowest BCUT2D eigenvalue weighted by Crippen LogP contribution is -2.29. The first-order valence-electron chi connectivity index (χ1n) is 5.97. The lowest BCUT2D eigenvalue weighted by Gasteiger charge is -2.07. The Kier molecular flexibility index (Phi) is 5.70. The van der Waals surface area contributed by atoms with Crippen molar-refractivity contribution in [1.82, 2.24) is 5.32 Å². The number of urea groups is 1. The normalized spacial score (nSPS) is 9.83. The van der Waals surface area contributed by atoms with E-state index in [2.05, 4.69) is 10.6 Å². The molecule has 0 fully saturated rings. The monoisotopic (exact) mass is 250 g/mol. The molecule has 0 aromatic heterocycles. The third-order valence-corrected chi connectivity index (χ3v) is 2.37. The summed E-state index contributed by atoms with van der Waals surface area (Å²) in [6.07, 6.45) is 1.50. The molecule has 0 atom stereocenters. The molecule has 1 aromatic rings. The van der Waals surface area contributed by atoms with Crippen molar-refractivity contribution in [3.05, 3.63) is 29.8 Å². The second-order valence-corrected chi connectivity index (χ2v) is 3.97. The quantitative estimate of drug-likeness (QED) is 0.724. The highest BCUT2D eigenvalue weighted by Gasteiger charge is 2.02. The Labute approximate surface area is 106 Å². The van der Waals surface area contributed by atoms with Crippen LogP contribution in [-0.4, -0.2) is 23.7 Å². The molecule has 1 rings (SSSR count). The van der Waals surface area contributed by atoms with Crippen LogP contribution >= 0.6 is 0 Å². The predicted octanol–water partition coefficient (Wildman–Crippen LogP) is 2.24. The van der Waals surface area contributed by atoms with E-state index < -0.39 is 5.97 Å². The third-order valence-electron chi connectivity index (χ3n) is 2.37. The average molecular weight is 250 g/mol. The summed E-state index contributed by atoms with van der Waals surface area (Å²) in [6.45, 7) is 2.63. The van der Waals surface area contributed by atoms with Gasteiger partial charge in [-0.1, -0.05) is 19.1 Å². The van der Waals surface area contributed by atoms with Gasteiger partial charge in [0.2, 0.25) is 0 Å². The van der Waals surface area contributed by atoms with Gasteiger partial charge in [0.25, 0.3) is 0 Å². The van der Waals surface area contributed by atoms with Crippen LogP contribution in [0.4, 0.5) is 10.5 Å². The van der Waals surface area contributed by atoms with Gasteiger partial charge >= 0.3 is 12.0 Å². The zero-order valence-electron chi connectivity index (χ0n) is 10.4. The number of anilines is 1. The maximum atomic E-state index is 11.4. The third kappa shape index (κ3) is 5.34. The second-order valence-electron chi connectivity index (χ2n) is 3.97. The molecule has 5 heteroatoms. The zero-order valence-corrected chi connectivity index (χ0v) is 10.4. The van der Waals surface area contributed by atoms with Gasteiger partial charge in [-0.25, -0.2) is 4.79 Å². The van der Waals surface area contributed by atoms with Gasteiger partial charge in [0, 0.05) is 18.7 Å². The molecule has 98 valence electrons. The molecule has 0 saturated carbocycles. The Morgan fingerprint density at radius 2 is 1.89 bits per heavy atom. The standard InChI is InChI=1S/C13H18N2O3/c1-2-9-14-13(18)15-11-6-3-10(4-7-11)5-8-12(16)17/h3-4,6-7H,2,5,8-9H2,1H3,(H,16,17)(H2,14,15,18). The van der Waals surface area contributed by atoms with Gasteiger partial charge in [0.15, 0.2) is 0 Å². The van der Waals surface area contributed by atoms with Crippen molar-refractivity contribution in [2.45, 2.75) is 26.2 Å². The number of aliphatic carboxylic acids is 1. The van der Waals surface area contributed by atoms with Crippen LogP contribution in [0, 0.1) is 0 Å². The number of nitrogens with one attached hydrogen (secondary N) is 2. The number of aryl methyl sites for hydroxylation is 1. The number of carboxylic acids is 1. The Morgan fingerprint density at radius 3 is 2.44 bits per heavy atom. The molecular weight excluding hydrogens is 232 g/mol. The molecule has 0 aliphatic rings. The van der Waals surface area contributed by atoms with Crippen molar-refractivity contribution in [1.29, 1.82) is 0 Å². The van der Waals surface area contributed by atoms with Crippen molar-refractivity contribution in [3.8, 4) is 0 Å². The number of carbonyl (C=O) groups excluding carboxylic acids is 1. The first-order chi connectivity index (χ1) is 8.61. The van der Waals surface area contributed by atoms with Crippen molar-refractivity contribution < 1.29 is 14.7 Å². The van der Waals surface area contributed by atoms with Gasteiger partial charge < -0.3 is 15.7 Å². The van der Waals surface area contributed by atoms with Gasteiger partial charge in [0.1, 0.15) is 0 Å². The Hall–Kier alpha value is -2.04. The summed E-state index contributed by atoms with van der Waals surface area (Å²) in [4.78, 5) is 21.8. The Balaban J connectivity index is 2.44. The molecule has 2 amide bonds. The summed E-state index contributed by atoms with van der Waals surface area (Å²) >= 11 is 0. The van der Waals surface area contributed by atoms with E-state index >= 15 is 0 Å². The Morgan fingerprint density at radius 1 is 1.22 bits per heavy atom. The molecule has 0 bridgehead atoms. The van der Waals surface area contributed by atoms with Crippen LogP contribution in [0.3, 0.4) is 0 Å². The molecule has 3 N–H and O–H groups in total. The van der Waals surface area contributed by atoms with Crippen LogP contribution in [0.1, 0.15) is 25.3 Å². The summed E-state index contributed by atoms with van der Waals surface area (Å²) in [7, 11) is 0. The second kappa shape index (κ2) is 7.32. The topological polar surface area (TPSA) is 78.4 Å². The minimum atomic E-state index is -0.809. The summed E-state index contributed by atoms with van der Waals surface area (Å²) in [5, 5.41) is 14.0. The van der Waals surface area contributed by atoms with E-state index in [0.29, 0.717) is 18.7 Å². The fraction of sp³-hybridized carbons (Fsp3) is 0.385. The van der Waals surface area contributed by atoms with Crippen molar-refractivity contribution >= 4 is 17.7 Å². The fourth-order valence-electron chi connectivity index (χ4n) is 1.42. The number of carboxylic acid groups (broad SMARTS) is 1. The smallest absolute Gasteiger partial charge is 0.319 e. The molecule has 5 nitrogen and oxygen atoms in total. The molecule has 0 spiro atoms. The van der Waals surface area contributed by atoms with Gasteiger partial charge in [-0.05, 0) is 30.5 Å². The van der Waals surface area contributed by atoms with E-state index in [1.54, 1.807) is 12.1 Å². The summed E-state index contributed by atoms with van der Waals surface area (Å²) < 4.78 is 0. The first kappa shape index (κ1) is 14.0. The lowest BCUT2D eigenvalue weighted by molar-refractivity contribution is -0.136. The number of benzene rings is 1. The van der Waals surface area contributed by atoms with Crippen LogP contribution in [0.5, 0.6) is 0 Å². The van der Waals surface area contributed by atoms with E-state index in [4.69, 9.17) is 5.11 Å². The molecule has 0 aliphatic carbocycles. The average Bonchev–Trinajstić information content (AvgIpc) is 2.35. The SMILES string of the molecule is CCCNC(=O)Nc1ccc(CCC(=O)O)cc1. The highest BCUT2D eigenvalue weighted by atomic mass is 16.4. The molecular formula is C13H18N2O3. The van der Waals surface area contributed by atoms with Crippen molar-refractivity contribution in [3.63, 3.8) is 0 Å². The summed E-state index contributed by atoms with van der Waals surface area (Å²) in [5.41, 5.74) is 1.64. The zero-order chi connectivity index (χ0) is 13.4. The van der Waals surface area contributed by atoms with Crippen molar-refractivity contribution in [2.75, 3.05) is 11.9 Å². The number of carbonyl (C=O) groups is 2. The van der Waals surface area contributed by atoms with E-state index in [9.17, 15) is 9.59 Å². The predicted molar refractivity (Wildman–Crippen MR) is 69.7 cm³/mol. The number of hydrogen-bond acceptors (Lipinski definition) is 2. The van der Waals surface area contributed by atoms with Gasteiger partial charge in [-0.15, -0.1) is 0 Å². The number of rotatable bonds is 6. The lowest BCUT2D eigenvalue weighted by atomic mass is 10.1. The number of hydrogen-bond donors (Lipinski definition) is 3. The van der Waals surface area contributed by atoms with Crippen LogP contribution < -0.4 is 10.6 Å². The summed E-state index contributed by atoms with van der Waals surface area (Å²) in [5.74, 6) is -0.809. The molecule has 0 unspecified atom stereocenters. The van der Waals surface area contributed by atoms with Crippen LogP contribution in [0.25, 0.3) is 0 Å². The maximum absolute atomic E-state index is 11.4. The molecule has 18 heavy (non-hydrogen) atoms. The molecule has 0 saturated heterocycles. The highest BCUT2D eigenvalue weighted by molar-refractivity contribution is 5.89. The summed E-state index contributed by atoms with van der Waals surface area (Å²) in [6, 6.07) is 6.94. The highest BCUT2D eigenvalue weighted by Crippen LogP contribution is 2.10.